The molecule has 0 spiro atoms. The molecule has 0 aromatic carbocycles. The number of carbonyl (C=O) groups excluding carboxylic acids is 4. The van der Waals surface area contributed by atoms with Gasteiger partial charge in [-0.2, -0.15) is 4.98 Å². The molecule has 0 radical (unpaired) electrons. The molecule has 5 heterocycles. The third-order valence-corrected chi connectivity index (χ3v) is 6.39. The maximum atomic E-state index is 13.2. The van der Waals surface area contributed by atoms with Gasteiger partial charge in [-0.25, -0.2) is 4.98 Å². The van der Waals surface area contributed by atoms with E-state index in [9.17, 15) is 19.2 Å². The van der Waals surface area contributed by atoms with Crippen molar-refractivity contribution >= 4 is 35.0 Å². The van der Waals surface area contributed by atoms with E-state index in [1.165, 1.54) is 11.3 Å². The zero-order valence-electron chi connectivity index (χ0n) is 16.6. The summed E-state index contributed by atoms with van der Waals surface area (Å²) in [4.78, 5) is 62.2. The summed E-state index contributed by atoms with van der Waals surface area (Å²) in [7, 11) is 0. The second kappa shape index (κ2) is 7.38. The number of nitrogens with zero attached hydrogens (tertiary/aromatic N) is 5. The first-order valence-electron chi connectivity index (χ1n) is 9.87. The molecule has 1 N–H and O–H groups in total. The van der Waals surface area contributed by atoms with Crippen LogP contribution < -0.4 is 5.32 Å². The molecule has 4 amide bonds. The van der Waals surface area contributed by atoms with Crippen LogP contribution in [0.25, 0.3) is 10.8 Å². The number of hydrogen-bond acceptors (Lipinski definition) is 10. The van der Waals surface area contributed by atoms with Gasteiger partial charge in [0.05, 0.1) is 6.54 Å². The molecule has 3 aliphatic rings. The summed E-state index contributed by atoms with van der Waals surface area (Å²) in [6.45, 7) is 2.63. The van der Waals surface area contributed by atoms with Crippen molar-refractivity contribution in [2.24, 2.45) is 0 Å². The summed E-state index contributed by atoms with van der Waals surface area (Å²) >= 11 is 1.45. The highest BCUT2D eigenvalue weighted by molar-refractivity contribution is 7.14. The van der Waals surface area contributed by atoms with Gasteiger partial charge in [-0.15, -0.1) is 11.3 Å². The number of amides is 4. The zero-order chi connectivity index (χ0) is 21.7. The molecular weight excluding hydrogens is 424 g/mol. The minimum atomic E-state index is -0.978. The Kier molecular flexibility index (Phi) is 4.65. The monoisotopic (exact) mass is 442 g/mol. The van der Waals surface area contributed by atoms with E-state index in [4.69, 9.17) is 4.52 Å². The third-order valence-electron chi connectivity index (χ3n) is 5.48. The number of imide groups is 2. The summed E-state index contributed by atoms with van der Waals surface area (Å²) in [5.41, 5.74) is 0.655. The van der Waals surface area contributed by atoms with E-state index in [0.29, 0.717) is 41.7 Å². The van der Waals surface area contributed by atoms with E-state index in [1.54, 1.807) is 11.1 Å². The van der Waals surface area contributed by atoms with Gasteiger partial charge in [0.1, 0.15) is 11.7 Å². The number of aromatic nitrogens is 3. The Bertz CT molecular complexity index is 1150. The Morgan fingerprint density at radius 3 is 2.81 bits per heavy atom. The van der Waals surface area contributed by atoms with Crippen LogP contribution in [0.15, 0.2) is 22.0 Å². The van der Waals surface area contributed by atoms with Crippen molar-refractivity contribution in [3.8, 4) is 10.8 Å². The Hall–Kier alpha value is -3.41. The average Bonchev–Trinajstić information content (AvgIpc) is 3.43. The van der Waals surface area contributed by atoms with E-state index in [1.807, 2.05) is 6.92 Å². The summed E-state index contributed by atoms with van der Waals surface area (Å²) in [5, 5.41) is 6.81. The summed E-state index contributed by atoms with van der Waals surface area (Å²) in [6.07, 6.45) is 3.07. The predicted molar refractivity (Wildman–Crippen MR) is 105 cm³/mol. The van der Waals surface area contributed by atoms with E-state index >= 15 is 0 Å². The molecule has 0 aliphatic carbocycles. The molecule has 2 aromatic rings. The van der Waals surface area contributed by atoms with Crippen LogP contribution in [0.1, 0.15) is 36.5 Å². The Balaban J connectivity index is 1.38. The largest absolute Gasteiger partial charge is 0.357 e. The van der Waals surface area contributed by atoms with Gasteiger partial charge < -0.3 is 9.42 Å². The van der Waals surface area contributed by atoms with E-state index in [-0.39, 0.29) is 25.1 Å². The fourth-order valence-electron chi connectivity index (χ4n) is 4.09. The average molecular weight is 442 g/mol. The third kappa shape index (κ3) is 3.32. The molecule has 12 heteroatoms. The Labute approximate surface area is 180 Å². The molecule has 1 atom stereocenters. The lowest BCUT2D eigenvalue weighted by molar-refractivity contribution is -0.150. The van der Waals surface area contributed by atoms with Gasteiger partial charge in [0.15, 0.2) is 5.01 Å². The minimum Gasteiger partial charge on any atom is -0.357 e. The summed E-state index contributed by atoms with van der Waals surface area (Å²) in [6, 6.07) is -0.978. The lowest BCUT2D eigenvalue weighted by Crippen LogP contribution is -2.55. The van der Waals surface area contributed by atoms with Gasteiger partial charge in [-0.1, -0.05) is 5.16 Å². The molecule has 160 valence electrons. The highest BCUT2D eigenvalue weighted by Crippen LogP contribution is 2.34. The summed E-state index contributed by atoms with van der Waals surface area (Å²) < 4.78 is 5.34. The van der Waals surface area contributed by atoms with Gasteiger partial charge in [-0.3, -0.25) is 29.4 Å². The molecule has 11 nitrogen and oxygen atoms in total. The maximum Gasteiger partial charge on any atom is 0.278 e. The van der Waals surface area contributed by atoms with Crippen LogP contribution >= 0.6 is 11.3 Å². The van der Waals surface area contributed by atoms with Crippen molar-refractivity contribution in [3.63, 3.8) is 0 Å². The zero-order valence-corrected chi connectivity index (χ0v) is 17.4. The van der Waals surface area contributed by atoms with Crippen LogP contribution in [-0.2, 0) is 25.7 Å². The lowest BCUT2D eigenvalue weighted by Gasteiger charge is -2.29. The molecule has 1 saturated heterocycles. The Morgan fingerprint density at radius 2 is 2.06 bits per heavy atom. The fraction of sp³-hybridized carbons (Fsp3) is 0.421. The molecule has 1 unspecified atom stereocenters. The minimum absolute atomic E-state index is 0.0861. The number of carbonyl (C=O) groups is 4. The number of thiazole rings is 1. The van der Waals surface area contributed by atoms with Crippen molar-refractivity contribution in [1.29, 1.82) is 0 Å². The molecule has 1 fully saturated rings. The van der Waals surface area contributed by atoms with Crippen molar-refractivity contribution < 1.29 is 23.7 Å². The van der Waals surface area contributed by atoms with Crippen LogP contribution in [0.4, 0.5) is 0 Å². The number of rotatable bonds is 4. The van der Waals surface area contributed by atoms with Gasteiger partial charge in [0.2, 0.25) is 23.5 Å². The molecule has 0 bridgehead atoms. The standard InChI is InChI=1S/C19H18N6O5S/c1-9-7-20-17(31-9)15-22-13(30-23-15)8-24-6-2-3-10-14(24)19(29)25(18(10)28)11-4-5-12(26)21-16(11)27/h7,11H,2-6,8H2,1H3,(H,21,26,27). The normalized spacial score (nSPS) is 21.8. The molecule has 0 saturated carbocycles. The molecule has 31 heavy (non-hydrogen) atoms. The maximum absolute atomic E-state index is 13.2. The van der Waals surface area contributed by atoms with Crippen LogP contribution in [-0.4, -0.2) is 61.1 Å². The van der Waals surface area contributed by atoms with Crippen LogP contribution in [0.2, 0.25) is 0 Å². The fourth-order valence-corrected chi connectivity index (χ4v) is 4.78. The highest BCUT2D eigenvalue weighted by atomic mass is 32.1. The first kappa shape index (κ1) is 19.5. The van der Waals surface area contributed by atoms with Gasteiger partial charge >= 0.3 is 0 Å². The van der Waals surface area contributed by atoms with Crippen molar-refractivity contribution in [3.05, 3.63) is 28.2 Å². The van der Waals surface area contributed by atoms with Gasteiger partial charge in [0.25, 0.3) is 11.8 Å². The number of piperidine rings is 1. The Morgan fingerprint density at radius 1 is 1.23 bits per heavy atom. The molecule has 5 rings (SSSR count). The second-order valence-corrected chi connectivity index (χ2v) is 8.82. The highest BCUT2D eigenvalue weighted by Gasteiger charge is 2.48. The molecular formula is C19H18N6O5S. The SMILES string of the molecule is Cc1cnc(-c2noc(CN3CCCC4=C3C(=O)N(C3CCC(=O)NC3=O)C4=O)n2)s1. The number of hydrogen-bond donors (Lipinski definition) is 1. The van der Waals surface area contributed by atoms with Crippen molar-refractivity contribution in [2.75, 3.05) is 6.54 Å². The number of nitrogens with one attached hydrogen (secondary N) is 1. The number of aryl methyl sites for hydroxylation is 1. The molecule has 2 aromatic heterocycles. The van der Waals surface area contributed by atoms with E-state index in [0.717, 1.165) is 9.78 Å². The quantitative estimate of drug-likeness (QED) is 0.672. The molecule has 3 aliphatic heterocycles. The summed E-state index contributed by atoms with van der Waals surface area (Å²) in [5.74, 6) is -1.34. The first-order valence-corrected chi connectivity index (χ1v) is 10.7. The van der Waals surface area contributed by atoms with E-state index in [2.05, 4.69) is 20.4 Å². The van der Waals surface area contributed by atoms with Gasteiger partial charge in [0, 0.05) is 29.6 Å². The van der Waals surface area contributed by atoms with Crippen LogP contribution in [0.3, 0.4) is 0 Å². The van der Waals surface area contributed by atoms with E-state index < -0.39 is 29.7 Å². The predicted octanol–water partition coefficient (Wildman–Crippen LogP) is 0.525. The van der Waals surface area contributed by atoms with Crippen LogP contribution in [0, 0.1) is 6.92 Å². The van der Waals surface area contributed by atoms with Crippen molar-refractivity contribution in [2.45, 2.75) is 45.2 Å². The smallest absolute Gasteiger partial charge is 0.278 e. The second-order valence-electron chi connectivity index (χ2n) is 7.59. The topological polar surface area (TPSA) is 139 Å². The van der Waals surface area contributed by atoms with Gasteiger partial charge in [-0.05, 0) is 26.2 Å². The first-order chi connectivity index (χ1) is 14.9. The van der Waals surface area contributed by atoms with Crippen LogP contribution in [0.5, 0.6) is 0 Å². The van der Waals surface area contributed by atoms with Crippen molar-refractivity contribution in [1.82, 2.24) is 30.2 Å². The lowest BCUT2D eigenvalue weighted by atomic mass is 10.0.